The minimum atomic E-state index is -0.660. The number of fused-ring (bicyclic) bond motifs is 1. The van der Waals surface area contributed by atoms with Crippen molar-refractivity contribution >= 4 is 39.9 Å². The quantitative estimate of drug-likeness (QED) is 0.577. The van der Waals surface area contributed by atoms with Gasteiger partial charge in [-0.25, -0.2) is 4.98 Å². The summed E-state index contributed by atoms with van der Waals surface area (Å²) in [6.07, 6.45) is 4.64. The molecule has 4 rings (SSSR count). The maximum absolute atomic E-state index is 12.6. The van der Waals surface area contributed by atoms with Crippen molar-refractivity contribution in [2.75, 3.05) is 12.4 Å². The second kappa shape index (κ2) is 6.82. The number of nitrogens with one attached hydrogen (secondary N) is 3. The Morgan fingerprint density at radius 2 is 2.18 bits per heavy atom. The number of hydrogen-bond acceptors (Lipinski definition) is 8. The molecule has 2 aliphatic heterocycles. The van der Waals surface area contributed by atoms with Gasteiger partial charge in [0.25, 0.3) is 5.91 Å². The van der Waals surface area contributed by atoms with Gasteiger partial charge in [-0.15, -0.1) is 0 Å². The molecule has 0 spiro atoms. The summed E-state index contributed by atoms with van der Waals surface area (Å²) in [6.45, 7) is 0. The Bertz CT molecular complexity index is 1110. The highest BCUT2D eigenvalue weighted by Crippen LogP contribution is 2.42. The van der Waals surface area contributed by atoms with Crippen molar-refractivity contribution in [3.05, 3.63) is 64.2 Å². The van der Waals surface area contributed by atoms with E-state index < -0.39 is 11.8 Å². The molecule has 0 atom stereocenters. The highest BCUT2D eigenvalue weighted by atomic mass is 32.2. The van der Waals surface area contributed by atoms with Crippen molar-refractivity contribution in [1.29, 1.82) is 5.41 Å². The smallest absolute Gasteiger partial charge is 0.260 e. The molecule has 0 unspecified atom stereocenters. The summed E-state index contributed by atoms with van der Waals surface area (Å²) in [5.74, 6) is -0.667. The van der Waals surface area contributed by atoms with Crippen LogP contribution in [-0.2, 0) is 4.79 Å². The number of primary amides is 1. The number of amides is 2. The summed E-state index contributed by atoms with van der Waals surface area (Å²) >= 11 is 1.30. The Morgan fingerprint density at radius 1 is 1.36 bits per heavy atom. The molecule has 10 heteroatoms. The van der Waals surface area contributed by atoms with E-state index in [-0.39, 0.29) is 28.2 Å². The van der Waals surface area contributed by atoms with E-state index in [0.717, 1.165) is 10.5 Å². The number of carbonyl (C=O) groups is 2. The molecule has 0 radical (unpaired) electrons. The van der Waals surface area contributed by atoms with Gasteiger partial charge < -0.3 is 21.1 Å². The summed E-state index contributed by atoms with van der Waals surface area (Å²) in [5.41, 5.74) is 6.83. The van der Waals surface area contributed by atoms with E-state index in [9.17, 15) is 9.59 Å². The third-order valence-corrected chi connectivity index (χ3v) is 5.22. The molecule has 9 nitrogen and oxygen atoms in total. The van der Waals surface area contributed by atoms with Gasteiger partial charge in [-0.05, 0) is 18.2 Å². The number of nitrogens with two attached hydrogens (primary N) is 1. The molecule has 0 bridgehead atoms. The molecule has 28 heavy (non-hydrogen) atoms. The van der Waals surface area contributed by atoms with Crippen LogP contribution in [0.3, 0.4) is 0 Å². The van der Waals surface area contributed by atoms with Crippen LogP contribution < -0.4 is 21.1 Å². The zero-order chi connectivity index (χ0) is 19.8. The van der Waals surface area contributed by atoms with Gasteiger partial charge >= 0.3 is 0 Å². The first-order chi connectivity index (χ1) is 13.5. The van der Waals surface area contributed by atoms with Crippen LogP contribution in [0.4, 0.5) is 5.69 Å². The maximum atomic E-state index is 12.6. The Morgan fingerprint density at radius 3 is 2.93 bits per heavy atom. The van der Waals surface area contributed by atoms with E-state index in [0.29, 0.717) is 10.9 Å². The molecule has 0 aliphatic carbocycles. The van der Waals surface area contributed by atoms with Crippen LogP contribution in [0.25, 0.3) is 4.91 Å². The first kappa shape index (κ1) is 17.7. The zero-order valence-corrected chi connectivity index (χ0v) is 15.4. The Balaban J connectivity index is 1.69. The van der Waals surface area contributed by atoms with E-state index in [4.69, 9.17) is 15.9 Å². The predicted molar refractivity (Wildman–Crippen MR) is 105 cm³/mol. The molecular weight excluding hydrogens is 380 g/mol. The van der Waals surface area contributed by atoms with Crippen molar-refractivity contribution in [2.45, 2.75) is 0 Å². The van der Waals surface area contributed by atoms with Gasteiger partial charge in [0.15, 0.2) is 0 Å². The molecule has 0 aromatic carbocycles. The second-order valence-corrected chi connectivity index (χ2v) is 6.89. The SMILES string of the molecule is COc1ncccc1C1=CN/C(=C2\C(=N)c3ncc(C(N)=O)cc3NC2=O)S1. The standard InChI is InChI=1S/C18H14N6O3S/c1-27-17-9(3-2-4-21-17)11-7-23-18(28-11)12-13(19)14-10(24-16(12)26)5-8(6-22-14)15(20)25/h2-7,19,23H,1H3,(H2,20,25)(H,24,26)/b18-12-,19-13?. The van der Waals surface area contributed by atoms with Gasteiger partial charge in [0.1, 0.15) is 5.69 Å². The molecule has 2 aromatic rings. The fourth-order valence-corrected chi connectivity index (χ4v) is 3.84. The zero-order valence-electron chi connectivity index (χ0n) is 14.6. The molecule has 2 amide bonds. The topological polar surface area (TPSA) is 143 Å². The Hall–Kier alpha value is -3.66. The van der Waals surface area contributed by atoms with Gasteiger partial charge in [0, 0.05) is 23.5 Å². The summed E-state index contributed by atoms with van der Waals surface area (Å²) in [4.78, 5) is 33.0. The maximum Gasteiger partial charge on any atom is 0.260 e. The average Bonchev–Trinajstić information content (AvgIpc) is 3.16. The summed E-state index contributed by atoms with van der Waals surface area (Å²) in [6, 6.07) is 5.06. The molecule has 4 heterocycles. The molecule has 0 fully saturated rings. The fourth-order valence-electron chi connectivity index (χ4n) is 2.82. The molecule has 0 saturated heterocycles. The van der Waals surface area contributed by atoms with E-state index in [1.165, 1.54) is 31.1 Å². The molecule has 5 N–H and O–H groups in total. The highest BCUT2D eigenvalue weighted by molar-refractivity contribution is 8.12. The van der Waals surface area contributed by atoms with E-state index in [1.807, 2.05) is 6.07 Å². The van der Waals surface area contributed by atoms with Crippen molar-refractivity contribution in [1.82, 2.24) is 15.3 Å². The summed E-state index contributed by atoms with van der Waals surface area (Å²) in [7, 11) is 1.53. The van der Waals surface area contributed by atoms with Gasteiger partial charge in [0.2, 0.25) is 11.8 Å². The molecule has 140 valence electrons. The number of pyridine rings is 2. The van der Waals surface area contributed by atoms with E-state index in [2.05, 4.69) is 20.6 Å². The monoisotopic (exact) mass is 394 g/mol. The van der Waals surface area contributed by atoms with Gasteiger partial charge in [-0.1, -0.05) is 11.8 Å². The third-order valence-electron chi connectivity index (χ3n) is 4.14. The molecule has 2 aromatic heterocycles. The minimum absolute atomic E-state index is 0.0439. The Kier molecular flexibility index (Phi) is 4.32. The lowest BCUT2D eigenvalue weighted by Crippen LogP contribution is -2.31. The summed E-state index contributed by atoms with van der Waals surface area (Å²) in [5, 5.41) is 14.6. The van der Waals surface area contributed by atoms with Crippen LogP contribution in [0.1, 0.15) is 21.6 Å². The first-order valence-corrected chi connectivity index (χ1v) is 8.90. The average molecular weight is 394 g/mol. The second-order valence-electron chi connectivity index (χ2n) is 5.83. The van der Waals surface area contributed by atoms with Crippen LogP contribution in [0.5, 0.6) is 5.88 Å². The Labute approximate surface area is 163 Å². The number of thioether (sulfide) groups is 1. The van der Waals surface area contributed by atoms with Crippen molar-refractivity contribution in [2.24, 2.45) is 5.73 Å². The number of rotatable bonds is 3. The normalized spacial score (nSPS) is 18.1. The molecular formula is C18H14N6O3S. The number of ether oxygens (including phenoxy) is 1. The number of carbonyl (C=O) groups excluding carboxylic acids is 2. The van der Waals surface area contributed by atoms with E-state index in [1.54, 1.807) is 18.5 Å². The number of hydrogen-bond donors (Lipinski definition) is 4. The van der Waals surface area contributed by atoms with Crippen LogP contribution in [0.2, 0.25) is 0 Å². The van der Waals surface area contributed by atoms with Crippen molar-refractivity contribution in [3.63, 3.8) is 0 Å². The largest absolute Gasteiger partial charge is 0.481 e. The lowest BCUT2D eigenvalue weighted by atomic mass is 10.0. The molecule has 0 saturated carbocycles. The number of nitrogens with zero attached hydrogens (tertiary/aromatic N) is 2. The van der Waals surface area contributed by atoms with Crippen LogP contribution >= 0.6 is 11.8 Å². The lowest BCUT2D eigenvalue weighted by molar-refractivity contribution is -0.112. The van der Waals surface area contributed by atoms with Crippen molar-refractivity contribution in [3.8, 4) is 5.88 Å². The minimum Gasteiger partial charge on any atom is -0.481 e. The highest BCUT2D eigenvalue weighted by Gasteiger charge is 2.32. The van der Waals surface area contributed by atoms with Crippen LogP contribution in [0, 0.1) is 5.41 Å². The van der Waals surface area contributed by atoms with Crippen LogP contribution in [-0.4, -0.2) is 34.6 Å². The third kappa shape index (κ3) is 2.89. The van der Waals surface area contributed by atoms with Crippen LogP contribution in [0.15, 0.2) is 47.4 Å². The van der Waals surface area contributed by atoms with Gasteiger partial charge in [0.05, 0.1) is 40.2 Å². The molecule has 2 aliphatic rings. The summed E-state index contributed by atoms with van der Waals surface area (Å²) < 4.78 is 5.28. The predicted octanol–water partition coefficient (Wildman–Crippen LogP) is 1.45. The number of aromatic nitrogens is 2. The van der Waals surface area contributed by atoms with Crippen molar-refractivity contribution < 1.29 is 14.3 Å². The first-order valence-electron chi connectivity index (χ1n) is 8.08. The number of methoxy groups -OCH3 is 1. The van der Waals surface area contributed by atoms with Gasteiger partial charge in [-0.3, -0.25) is 20.0 Å². The number of anilines is 1. The lowest BCUT2D eigenvalue weighted by Gasteiger charge is -2.21. The van der Waals surface area contributed by atoms with E-state index >= 15 is 0 Å². The van der Waals surface area contributed by atoms with Gasteiger partial charge in [-0.2, -0.15) is 0 Å². The fraction of sp³-hybridized carbons (Fsp3) is 0.0556.